The molecule has 2 nitrogen and oxygen atoms in total. The lowest BCUT2D eigenvalue weighted by Crippen LogP contribution is -1.94. The first-order chi connectivity index (χ1) is 2.27. The summed E-state index contributed by atoms with van der Waals surface area (Å²) in [6.45, 7) is 0. The molecule has 0 aliphatic carbocycles. The van der Waals surface area contributed by atoms with Crippen LogP contribution in [0.15, 0.2) is 0 Å². The van der Waals surface area contributed by atoms with E-state index in [1.54, 1.807) is 0 Å². The lowest BCUT2D eigenvalue weighted by atomic mass is 11.6. The minimum absolute atomic E-state index is 0.0448. The Balaban J connectivity index is 2.85. The summed E-state index contributed by atoms with van der Waals surface area (Å²) in [6.07, 6.45) is 0. The van der Waals surface area contributed by atoms with E-state index in [9.17, 15) is 4.79 Å². The maximum absolute atomic E-state index is 9.69. The van der Waals surface area contributed by atoms with Gasteiger partial charge < -0.3 is 4.43 Å². The molecule has 0 fully saturated rings. The molecule has 0 aliphatic heterocycles. The number of hydrogen-bond donors (Lipinski definition) is 0. The van der Waals surface area contributed by atoms with Crippen LogP contribution in [-0.2, 0) is 4.43 Å². The van der Waals surface area contributed by atoms with E-state index >= 15 is 0 Å². The summed E-state index contributed by atoms with van der Waals surface area (Å²) in [5.41, 5.74) is -0.0448. The standard InChI is InChI=1S/CH6O2Si2/c2-1(4)3-5/h4-5H3. The van der Waals surface area contributed by atoms with Gasteiger partial charge in [0.25, 0.3) is 0 Å². The van der Waals surface area contributed by atoms with E-state index in [1.165, 1.54) is 0 Å². The second-order valence-electron chi connectivity index (χ2n) is 0.696. The Bertz CT molecular complexity index is 42.9. The molecule has 0 aliphatic rings. The van der Waals surface area contributed by atoms with Gasteiger partial charge in [0.05, 0.1) is 0 Å². The number of carbonyl (C=O) groups is 1. The summed E-state index contributed by atoms with van der Waals surface area (Å²) in [5, 5.41) is 0. The predicted molar refractivity (Wildman–Crippen MR) is 26.4 cm³/mol. The van der Waals surface area contributed by atoms with E-state index in [2.05, 4.69) is 4.43 Å². The lowest BCUT2D eigenvalue weighted by Gasteiger charge is -1.83. The molecule has 0 atom stereocenters. The van der Waals surface area contributed by atoms with Crippen LogP contribution in [-0.4, -0.2) is 26.3 Å². The first-order valence-electron chi connectivity index (χ1n) is 1.32. The van der Waals surface area contributed by atoms with Crippen molar-refractivity contribution in [1.82, 2.24) is 0 Å². The summed E-state index contributed by atoms with van der Waals surface area (Å²) in [7, 11) is 1.10. The summed E-state index contributed by atoms with van der Waals surface area (Å²) in [6, 6.07) is 0. The zero-order valence-corrected chi connectivity index (χ0v) is 7.32. The van der Waals surface area contributed by atoms with Crippen molar-refractivity contribution in [1.29, 1.82) is 0 Å². The zero-order chi connectivity index (χ0) is 4.28. The molecule has 0 aromatic rings. The highest BCUT2D eigenvalue weighted by molar-refractivity contribution is 6.56. The molecule has 0 aromatic heterocycles. The third kappa shape index (κ3) is 3.90. The molecule has 5 heavy (non-hydrogen) atoms. The van der Waals surface area contributed by atoms with Gasteiger partial charge in [-0.25, -0.2) is 0 Å². The van der Waals surface area contributed by atoms with Gasteiger partial charge in [-0.15, -0.1) is 0 Å². The Labute approximate surface area is 36.5 Å². The van der Waals surface area contributed by atoms with Crippen LogP contribution >= 0.6 is 0 Å². The average Bonchev–Trinajstić information content (AvgIpc) is 1.38. The molecule has 0 rings (SSSR count). The minimum atomic E-state index is -0.0448. The SMILES string of the molecule is O=C([SiH3])O[SiH3]. The van der Waals surface area contributed by atoms with Crippen molar-refractivity contribution < 1.29 is 9.22 Å². The predicted octanol–water partition coefficient (Wildman–Crippen LogP) is -2.23. The molecule has 0 radical (unpaired) electrons. The van der Waals surface area contributed by atoms with Crippen molar-refractivity contribution in [3.8, 4) is 0 Å². The van der Waals surface area contributed by atoms with Crippen molar-refractivity contribution in [3.63, 3.8) is 0 Å². The highest BCUT2D eigenvalue weighted by atomic mass is 28.2. The van der Waals surface area contributed by atoms with Gasteiger partial charge in [0.15, 0.2) is 0 Å². The van der Waals surface area contributed by atoms with Crippen molar-refractivity contribution in [2.24, 2.45) is 0 Å². The van der Waals surface area contributed by atoms with Gasteiger partial charge in [0.2, 0.25) is 16.1 Å². The van der Waals surface area contributed by atoms with Crippen LogP contribution in [0.3, 0.4) is 0 Å². The van der Waals surface area contributed by atoms with Gasteiger partial charge in [0.1, 0.15) is 10.2 Å². The molecule has 30 valence electrons. The third-order valence-electron chi connectivity index (χ3n) is 0.287. The Morgan fingerprint density at radius 1 is 1.80 bits per heavy atom. The zero-order valence-electron chi connectivity index (χ0n) is 3.32. The smallest absolute Gasteiger partial charge is 0.246 e. The molecular weight excluding hydrogens is 100 g/mol. The largest absolute Gasteiger partial charge is 0.534 e. The molecule has 0 unspecified atom stereocenters. The van der Waals surface area contributed by atoms with Crippen LogP contribution in [0.4, 0.5) is 4.79 Å². The number of rotatable bonds is 0. The summed E-state index contributed by atoms with van der Waals surface area (Å²) in [5.74, 6) is 0. The summed E-state index contributed by atoms with van der Waals surface area (Å²) >= 11 is 0. The van der Waals surface area contributed by atoms with Crippen molar-refractivity contribution in [2.45, 2.75) is 0 Å². The van der Waals surface area contributed by atoms with Gasteiger partial charge in [-0.05, 0) is 0 Å². The van der Waals surface area contributed by atoms with Crippen molar-refractivity contribution in [3.05, 3.63) is 0 Å². The normalized spacial score (nSPS) is 8.00. The first-order valence-corrected chi connectivity index (χ1v) is 3.13. The van der Waals surface area contributed by atoms with Crippen molar-refractivity contribution >= 4 is 26.3 Å². The van der Waals surface area contributed by atoms with E-state index in [4.69, 9.17) is 0 Å². The van der Waals surface area contributed by atoms with Gasteiger partial charge in [-0.1, -0.05) is 0 Å². The fraction of sp³-hybridized carbons (Fsp3) is 0. The maximum atomic E-state index is 9.69. The van der Waals surface area contributed by atoms with E-state index in [0.717, 1.165) is 0 Å². The fourth-order valence-electron chi connectivity index (χ4n) is 0. The number of carbonyl (C=O) groups excluding carboxylic acids is 1. The second-order valence-corrected chi connectivity index (χ2v) is 1.92. The first kappa shape index (κ1) is 4.90. The second kappa shape index (κ2) is 2.16. The summed E-state index contributed by atoms with van der Waals surface area (Å²) in [4.78, 5) is 9.69. The Morgan fingerprint density at radius 3 is 2.00 bits per heavy atom. The molecule has 0 heterocycles. The molecule has 0 spiro atoms. The Morgan fingerprint density at radius 2 is 2.00 bits per heavy atom. The maximum Gasteiger partial charge on any atom is 0.246 e. The van der Waals surface area contributed by atoms with E-state index in [-0.39, 0.29) is 5.59 Å². The van der Waals surface area contributed by atoms with Crippen molar-refractivity contribution in [2.75, 3.05) is 0 Å². The van der Waals surface area contributed by atoms with Crippen LogP contribution in [0.1, 0.15) is 0 Å². The molecular formula is CH6O2Si2. The van der Waals surface area contributed by atoms with Gasteiger partial charge in [0, 0.05) is 0 Å². The highest BCUT2D eigenvalue weighted by Crippen LogP contribution is 1.58. The van der Waals surface area contributed by atoms with E-state index < -0.39 is 0 Å². The monoisotopic (exact) mass is 106 g/mol. The minimum Gasteiger partial charge on any atom is -0.534 e. The van der Waals surface area contributed by atoms with Gasteiger partial charge in [-0.2, -0.15) is 0 Å². The molecule has 0 bridgehead atoms. The molecule has 4 heteroatoms. The van der Waals surface area contributed by atoms with Crippen LogP contribution < -0.4 is 0 Å². The van der Waals surface area contributed by atoms with Crippen LogP contribution in [0.2, 0.25) is 0 Å². The molecule has 0 aromatic carbocycles. The highest BCUT2D eigenvalue weighted by Gasteiger charge is 1.74. The summed E-state index contributed by atoms with van der Waals surface area (Å²) < 4.78 is 4.31. The molecule has 0 saturated heterocycles. The molecule has 0 saturated carbocycles. The average molecular weight is 106 g/mol. The van der Waals surface area contributed by atoms with Crippen LogP contribution in [0.5, 0.6) is 0 Å². The van der Waals surface area contributed by atoms with Gasteiger partial charge >= 0.3 is 0 Å². The Hall–Kier alpha value is -0.0962. The number of hydrogen-bond acceptors (Lipinski definition) is 2. The lowest BCUT2D eigenvalue weighted by molar-refractivity contribution is 0.229. The van der Waals surface area contributed by atoms with Crippen LogP contribution in [0.25, 0.3) is 0 Å². The third-order valence-corrected chi connectivity index (χ3v) is 2.09. The Kier molecular flexibility index (Phi) is 2.12. The van der Waals surface area contributed by atoms with E-state index in [0.29, 0.717) is 20.7 Å². The topological polar surface area (TPSA) is 26.3 Å². The van der Waals surface area contributed by atoms with Crippen LogP contribution in [0, 0.1) is 0 Å². The molecule has 0 N–H and O–H groups in total. The van der Waals surface area contributed by atoms with Gasteiger partial charge in [-0.3, -0.25) is 4.79 Å². The quantitative estimate of drug-likeness (QED) is 0.327. The van der Waals surface area contributed by atoms with E-state index in [1.807, 2.05) is 0 Å². The fourth-order valence-corrected chi connectivity index (χ4v) is 0. The molecule has 0 amide bonds.